The van der Waals surface area contributed by atoms with E-state index < -0.39 is 0 Å². The van der Waals surface area contributed by atoms with Gasteiger partial charge in [-0.15, -0.1) is 11.3 Å². The lowest BCUT2D eigenvalue weighted by Gasteiger charge is -2.19. The van der Waals surface area contributed by atoms with E-state index in [-0.39, 0.29) is 5.91 Å². The molecule has 0 unspecified atom stereocenters. The topological polar surface area (TPSA) is 56.1 Å². The van der Waals surface area contributed by atoms with Crippen molar-refractivity contribution in [3.05, 3.63) is 29.2 Å². The summed E-state index contributed by atoms with van der Waals surface area (Å²) in [4.78, 5) is 13.8. The van der Waals surface area contributed by atoms with Gasteiger partial charge >= 0.3 is 0 Å². The van der Waals surface area contributed by atoms with Gasteiger partial charge in [0.1, 0.15) is 11.1 Å². The van der Waals surface area contributed by atoms with Crippen molar-refractivity contribution in [2.45, 2.75) is 13.8 Å². The van der Waals surface area contributed by atoms with Crippen LogP contribution in [0.1, 0.15) is 19.4 Å². The van der Waals surface area contributed by atoms with Crippen LogP contribution in [0.2, 0.25) is 0 Å². The second kappa shape index (κ2) is 6.94. The summed E-state index contributed by atoms with van der Waals surface area (Å²) in [5, 5.41) is 14.0. The van der Waals surface area contributed by atoms with Gasteiger partial charge in [0.2, 0.25) is 5.91 Å². The predicted molar refractivity (Wildman–Crippen MR) is 74.6 cm³/mol. The molecular weight excluding hydrogens is 246 g/mol. The van der Waals surface area contributed by atoms with Gasteiger partial charge in [0.25, 0.3) is 0 Å². The molecule has 4 nitrogen and oxygen atoms in total. The Morgan fingerprint density at radius 3 is 2.89 bits per heavy atom. The zero-order chi connectivity index (χ0) is 13.5. The smallest absolute Gasteiger partial charge is 0.239 e. The van der Waals surface area contributed by atoms with Gasteiger partial charge in [-0.1, -0.05) is 19.1 Å². The molecule has 0 saturated heterocycles. The minimum absolute atomic E-state index is 0.1000. The lowest BCUT2D eigenvalue weighted by molar-refractivity contribution is -0.117. The molecule has 1 N–H and O–H groups in total. The Morgan fingerprint density at radius 1 is 1.61 bits per heavy atom. The highest BCUT2D eigenvalue weighted by molar-refractivity contribution is 7.14. The molecule has 0 atom stereocenters. The van der Waals surface area contributed by atoms with E-state index in [0.717, 1.165) is 12.1 Å². The summed E-state index contributed by atoms with van der Waals surface area (Å²) < 4.78 is 0. The van der Waals surface area contributed by atoms with Crippen LogP contribution in [0.15, 0.2) is 23.6 Å². The van der Waals surface area contributed by atoms with E-state index >= 15 is 0 Å². The number of likely N-dealkylation sites (N-methyl/N-ethyl adjacent to an activating group) is 1. The van der Waals surface area contributed by atoms with Crippen molar-refractivity contribution < 1.29 is 4.79 Å². The third kappa shape index (κ3) is 4.32. The number of carbonyl (C=O) groups excluding carboxylic acids is 1. The molecule has 0 aliphatic rings. The molecule has 0 fully saturated rings. The van der Waals surface area contributed by atoms with Crippen molar-refractivity contribution in [1.82, 2.24) is 4.90 Å². The second-order valence-corrected chi connectivity index (χ2v) is 5.00. The Kier molecular flexibility index (Phi) is 5.56. The molecule has 0 aliphatic carbocycles. The van der Waals surface area contributed by atoms with Crippen LogP contribution in [0.5, 0.6) is 0 Å². The first-order chi connectivity index (χ1) is 8.56. The highest BCUT2D eigenvalue weighted by Gasteiger charge is 2.11. The molecule has 1 rings (SSSR count). The molecule has 1 aromatic rings. The number of nitriles is 1. The van der Waals surface area contributed by atoms with Crippen molar-refractivity contribution >= 4 is 22.2 Å². The van der Waals surface area contributed by atoms with Crippen LogP contribution in [0.4, 0.5) is 5.00 Å². The fraction of sp³-hybridized carbons (Fsp3) is 0.385. The Bertz CT molecular complexity index is 473. The normalized spacial score (nSPS) is 10.1. The standard InChI is InChI=1S/C13H17N3OS/c1-4-16(8-10(2)3)9-12(17)15-13-11(7-14)5-6-18-13/h5-6H,2,4,8-9H2,1,3H3,(H,15,17). The third-order valence-corrected chi connectivity index (χ3v) is 3.18. The van der Waals surface area contributed by atoms with Gasteiger partial charge in [-0.3, -0.25) is 9.69 Å². The summed E-state index contributed by atoms with van der Waals surface area (Å²) in [5.74, 6) is -0.1000. The van der Waals surface area contributed by atoms with E-state index in [2.05, 4.69) is 11.9 Å². The van der Waals surface area contributed by atoms with E-state index in [4.69, 9.17) is 5.26 Å². The molecule has 0 bridgehead atoms. The average Bonchev–Trinajstić information content (AvgIpc) is 2.74. The minimum Gasteiger partial charge on any atom is -0.315 e. The van der Waals surface area contributed by atoms with E-state index in [1.165, 1.54) is 11.3 Å². The number of hydrogen-bond acceptors (Lipinski definition) is 4. The summed E-state index contributed by atoms with van der Waals surface area (Å²) in [6, 6.07) is 3.75. The van der Waals surface area contributed by atoms with E-state index in [0.29, 0.717) is 23.7 Å². The molecule has 0 saturated carbocycles. The molecule has 1 heterocycles. The number of thiophene rings is 1. The number of rotatable bonds is 6. The average molecular weight is 263 g/mol. The number of nitrogens with zero attached hydrogens (tertiary/aromatic N) is 2. The van der Waals surface area contributed by atoms with Gasteiger partial charge in [0, 0.05) is 6.54 Å². The maximum absolute atomic E-state index is 11.8. The first-order valence-corrected chi connectivity index (χ1v) is 6.59. The molecule has 0 radical (unpaired) electrons. The van der Waals surface area contributed by atoms with Crippen molar-refractivity contribution in [2.24, 2.45) is 0 Å². The second-order valence-electron chi connectivity index (χ2n) is 4.08. The maximum atomic E-state index is 11.8. The van der Waals surface area contributed by atoms with Crippen LogP contribution in [0.25, 0.3) is 0 Å². The zero-order valence-electron chi connectivity index (χ0n) is 10.7. The first kappa shape index (κ1) is 14.4. The molecule has 96 valence electrons. The van der Waals surface area contributed by atoms with E-state index in [1.54, 1.807) is 11.4 Å². The molecule has 0 spiro atoms. The van der Waals surface area contributed by atoms with Crippen molar-refractivity contribution in [1.29, 1.82) is 5.26 Å². The Morgan fingerprint density at radius 2 is 2.33 bits per heavy atom. The SMILES string of the molecule is C=C(C)CN(CC)CC(=O)Nc1sccc1C#N. The molecule has 5 heteroatoms. The molecule has 18 heavy (non-hydrogen) atoms. The number of nitrogens with one attached hydrogen (secondary N) is 1. The van der Waals surface area contributed by atoms with Crippen LogP contribution in [0.3, 0.4) is 0 Å². The fourth-order valence-electron chi connectivity index (χ4n) is 1.52. The van der Waals surface area contributed by atoms with E-state index in [9.17, 15) is 4.79 Å². The van der Waals surface area contributed by atoms with Gasteiger partial charge in [-0.05, 0) is 24.9 Å². The number of carbonyl (C=O) groups is 1. The van der Waals surface area contributed by atoms with Crippen molar-refractivity contribution in [3.63, 3.8) is 0 Å². The summed E-state index contributed by atoms with van der Waals surface area (Å²) in [7, 11) is 0. The first-order valence-electron chi connectivity index (χ1n) is 5.71. The van der Waals surface area contributed by atoms with Crippen LogP contribution in [0, 0.1) is 11.3 Å². The summed E-state index contributed by atoms with van der Waals surface area (Å²) >= 11 is 1.36. The molecule has 1 amide bonds. The monoisotopic (exact) mass is 263 g/mol. The Labute approximate surface area is 112 Å². The summed E-state index contributed by atoms with van der Waals surface area (Å²) in [6.07, 6.45) is 0. The zero-order valence-corrected chi connectivity index (χ0v) is 11.5. The maximum Gasteiger partial charge on any atom is 0.239 e. The highest BCUT2D eigenvalue weighted by Crippen LogP contribution is 2.21. The van der Waals surface area contributed by atoms with Gasteiger partial charge in [0.15, 0.2) is 0 Å². The summed E-state index contributed by atoms with van der Waals surface area (Å²) in [6.45, 7) is 9.59. The van der Waals surface area contributed by atoms with Crippen molar-refractivity contribution in [3.8, 4) is 6.07 Å². The molecule has 0 aromatic carbocycles. The van der Waals surface area contributed by atoms with Crippen LogP contribution in [-0.2, 0) is 4.79 Å². The Hall–Kier alpha value is -1.64. The number of amides is 1. The fourth-order valence-corrected chi connectivity index (χ4v) is 2.28. The number of hydrogen-bond donors (Lipinski definition) is 1. The largest absolute Gasteiger partial charge is 0.315 e. The van der Waals surface area contributed by atoms with Gasteiger partial charge in [0.05, 0.1) is 12.1 Å². The van der Waals surface area contributed by atoms with Gasteiger partial charge < -0.3 is 5.32 Å². The lowest BCUT2D eigenvalue weighted by atomic mass is 10.3. The van der Waals surface area contributed by atoms with Crippen LogP contribution >= 0.6 is 11.3 Å². The molecular formula is C13H17N3OS. The molecule has 1 aromatic heterocycles. The molecule has 0 aliphatic heterocycles. The van der Waals surface area contributed by atoms with Gasteiger partial charge in [-0.25, -0.2) is 0 Å². The van der Waals surface area contributed by atoms with Gasteiger partial charge in [-0.2, -0.15) is 5.26 Å². The highest BCUT2D eigenvalue weighted by atomic mass is 32.1. The van der Waals surface area contributed by atoms with E-state index in [1.807, 2.05) is 24.8 Å². The Balaban J connectivity index is 2.56. The number of anilines is 1. The quantitative estimate of drug-likeness (QED) is 0.802. The van der Waals surface area contributed by atoms with Crippen molar-refractivity contribution in [2.75, 3.05) is 25.0 Å². The third-order valence-electron chi connectivity index (χ3n) is 2.35. The summed E-state index contributed by atoms with van der Waals surface area (Å²) in [5.41, 5.74) is 1.54. The minimum atomic E-state index is -0.1000. The van der Waals surface area contributed by atoms with Crippen LogP contribution in [-0.4, -0.2) is 30.4 Å². The lowest BCUT2D eigenvalue weighted by Crippen LogP contribution is -2.34. The van der Waals surface area contributed by atoms with Crippen LogP contribution < -0.4 is 5.32 Å². The predicted octanol–water partition coefficient (Wildman–Crippen LogP) is 2.46.